The van der Waals surface area contributed by atoms with Crippen molar-refractivity contribution in [3.63, 3.8) is 0 Å². The Balaban J connectivity index is 3.13. The summed E-state index contributed by atoms with van der Waals surface area (Å²) in [6.45, 7) is 6.55. The van der Waals surface area contributed by atoms with E-state index in [-0.39, 0.29) is 5.75 Å². The standard InChI is InChI=1S/C16H22O3/c1-5-12(6-2)7-13-8-14(10-18-3)16(17)15(9-13)11-19-4/h5-6,8-9,17H,1,7,10-11H2,2-4H3/b12-6+. The lowest BCUT2D eigenvalue weighted by Crippen LogP contribution is -1.99. The van der Waals surface area contributed by atoms with Gasteiger partial charge in [0.25, 0.3) is 0 Å². The monoisotopic (exact) mass is 262 g/mol. The summed E-state index contributed by atoms with van der Waals surface area (Å²) in [5.41, 5.74) is 3.83. The SMILES string of the molecule is C=C/C(=C\C)Cc1cc(COC)c(O)c(COC)c1. The molecule has 0 saturated heterocycles. The number of allylic oxidation sites excluding steroid dienone is 3. The van der Waals surface area contributed by atoms with Crippen LogP contribution >= 0.6 is 0 Å². The predicted octanol–water partition coefficient (Wildman–Crippen LogP) is 3.36. The van der Waals surface area contributed by atoms with Gasteiger partial charge in [0.2, 0.25) is 0 Å². The van der Waals surface area contributed by atoms with E-state index < -0.39 is 0 Å². The molecule has 0 bridgehead atoms. The lowest BCUT2D eigenvalue weighted by atomic mass is 9.99. The number of phenols is 1. The second-order valence-electron chi connectivity index (χ2n) is 4.37. The van der Waals surface area contributed by atoms with E-state index in [1.54, 1.807) is 14.2 Å². The fourth-order valence-corrected chi connectivity index (χ4v) is 1.99. The van der Waals surface area contributed by atoms with E-state index in [0.717, 1.165) is 28.7 Å². The number of ether oxygens (including phenoxy) is 2. The molecule has 0 aliphatic rings. The first-order valence-electron chi connectivity index (χ1n) is 6.25. The molecule has 1 rings (SSSR count). The van der Waals surface area contributed by atoms with Gasteiger partial charge >= 0.3 is 0 Å². The molecule has 19 heavy (non-hydrogen) atoms. The molecular weight excluding hydrogens is 240 g/mol. The Kier molecular flexibility index (Phi) is 6.33. The van der Waals surface area contributed by atoms with Crippen molar-refractivity contribution in [3.8, 4) is 5.75 Å². The van der Waals surface area contributed by atoms with Gasteiger partial charge < -0.3 is 14.6 Å². The Morgan fingerprint density at radius 1 is 1.21 bits per heavy atom. The molecule has 1 aromatic rings. The Morgan fingerprint density at radius 2 is 1.74 bits per heavy atom. The Labute approximate surface area is 115 Å². The van der Waals surface area contributed by atoms with Crippen LogP contribution < -0.4 is 0 Å². The topological polar surface area (TPSA) is 38.7 Å². The molecule has 0 radical (unpaired) electrons. The van der Waals surface area contributed by atoms with E-state index in [1.165, 1.54) is 0 Å². The minimum atomic E-state index is 0.257. The summed E-state index contributed by atoms with van der Waals surface area (Å²) in [5.74, 6) is 0.257. The number of hydrogen-bond donors (Lipinski definition) is 1. The fraction of sp³-hybridized carbons (Fsp3) is 0.375. The van der Waals surface area contributed by atoms with E-state index in [0.29, 0.717) is 13.2 Å². The first-order chi connectivity index (χ1) is 9.15. The van der Waals surface area contributed by atoms with Crippen molar-refractivity contribution in [2.75, 3.05) is 14.2 Å². The van der Waals surface area contributed by atoms with Gasteiger partial charge in [-0.2, -0.15) is 0 Å². The highest BCUT2D eigenvalue weighted by Gasteiger charge is 2.10. The van der Waals surface area contributed by atoms with E-state index >= 15 is 0 Å². The van der Waals surface area contributed by atoms with Crippen molar-refractivity contribution in [1.82, 2.24) is 0 Å². The molecule has 0 heterocycles. The van der Waals surface area contributed by atoms with E-state index in [2.05, 4.69) is 6.58 Å². The molecule has 0 saturated carbocycles. The van der Waals surface area contributed by atoms with Crippen LogP contribution in [0.3, 0.4) is 0 Å². The Bertz CT molecular complexity index is 434. The maximum Gasteiger partial charge on any atom is 0.126 e. The highest BCUT2D eigenvalue weighted by Crippen LogP contribution is 2.27. The molecule has 1 N–H and O–H groups in total. The minimum Gasteiger partial charge on any atom is -0.507 e. The summed E-state index contributed by atoms with van der Waals surface area (Å²) in [4.78, 5) is 0. The zero-order valence-electron chi connectivity index (χ0n) is 11.9. The molecule has 3 heteroatoms. The Morgan fingerprint density at radius 3 is 2.11 bits per heavy atom. The molecule has 0 aliphatic heterocycles. The summed E-state index contributed by atoms with van der Waals surface area (Å²) in [6.07, 6.45) is 4.67. The highest BCUT2D eigenvalue weighted by molar-refractivity contribution is 5.44. The van der Waals surface area contributed by atoms with Crippen molar-refractivity contribution < 1.29 is 14.6 Å². The van der Waals surface area contributed by atoms with Crippen LogP contribution in [0, 0.1) is 0 Å². The molecule has 104 valence electrons. The first-order valence-corrected chi connectivity index (χ1v) is 6.25. The van der Waals surface area contributed by atoms with Crippen LogP contribution in [0.5, 0.6) is 5.75 Å². The molecule has 0 fully saturated rings. The lowest BCUT2D eigenvalue weighted by Gasteiger charge is -2.13. The molecule has 3 nitrogen and oxygen atoms in total. The Hall–Kier alpha value is -1.58. The quantitative estimate of drug-likeness (QED) is 0.766. The third kappa shape index (κ3) is 4.23. The summed E-state index contributed by atoms with van der Waals surface area (Å²) in [7, 11) is 3.23. The van der Waals surface area contributed by atoms with Crippen LogP contribution in [0.1, 0.15) is 23.6 Å². The van der Waals surface area contributed by atoms with E-state index in [4.69, 9.17) is 9.47 Å². The number of aromatic hydroxyl groups is 1. The maximum absolute atomic E-state index is 10.1. The second kappa shape index (κ2) is 7.77. The molecule has 0 atom stereocenters. The number of methoxy groups -OCH3 is 2. The zero-order chi connectivity index (χ0) is 14.3. The number of benzene rings is 1. The minimum absolute atomic E-state index is 0.257. The lowest BCUT2D eigenvalue weighted by molar-refractivity contribution is 0.174. The summed E-state index contributed by atoms with van der Waals surface area (Å²) < 4.78 is 10.2. The van der Waals surface area contributed by atoms with Crippen LogP contribution in [0.25, 0.3) is 0 Å². The van der Waals surface area contributed by atoms with E-state index in [9.17, 15) is 5.11 Å². The van der Waals surface area contributed by atoms with Gasteiger partial charge in [-0.25, -0.2) is 0 Å². The van der Waals surface area contributed by atoms with Gasteiger partial charge in [0, 0.05) is 25.3 Å². The average Bonchev–Trinajstić information content (AvgIpc) is 2.41. The maximum atomic E-state index is 10.1. The van der Waals surface area contributed by atoms with Gasteiger partial charge in [-0.1, -0.05) is 18.7 Å². The third-order valence-corrected chi connectivity index (χ3v) is 2.97. The predicted molar refractivity (Wildman–Crippen MR) is 77.2 cm³/mol. The van der Waals surface area contributed by atoms with Crippen molar-refractivity contribution in [3.05, 3.63) is 53.1 Å². The van der Waals surface area contributed by atoms with Crippen molar-refractivity contribution in [2.24, 2.45) is 0 Å². The zero-order valence-corrected chi connectivity index (χ0v) is 11.9. The third-order valence-electron chi connectivity index (χ3n) is 2.97. The second-order valence-corrected chi connectivity index (χ2v) is 4.37. The van der Waals surface area contributed by atoms with Crippen LogP contribution in [0.2, 0.25) is 0 Å². The molecule has 0 spiro atoms. The molecule has 0 unspecified atom stereocenters. The van der Waals surface area contributed by atoms with Crippen LogP contribution in [-0.2, 0) is 29.1 Å². The van der Waals surface area contributed by atoms with Crippen molar-refractivity contribution in [2.45, 2.75) is 26.6 Å². The van der Waals surface area contributed by atoms with Gasteiger partial charge in [0.05, 0.1) is 13.2 Å². The number of phenolic OH excluding ortho intramolecular Hbond substituents is 1. The number of rotatable bonds is 7. The van der Waals surface area contributed by atoms with Gasteiger partial charge in [-0.15, -0.1) is 0 Å². The normalized spacial score (nSPS) is 11.6. The smallest absolute Gasteiger partial charge is 0.126 e. The largest absolute Gasteiger partial charge is 0.507 e. The van der Waals surface area contributed by atoms with Crippen molar-refractivity contribution >= 4 is 0 Å². The van der Waals surface area contributed by atoms with Crippen LogP contribution in [-0.4, -0.2) is 19.3 Å². The van der Waals surface area contributed by atoms with Crippen molar-refractivity contribution in [1.29, 1.82) is 0 Å². The van der Waals surface area contributed by atoms with E-state index in [1.807, 2.05) is 31.2 Å². The average molecular weight is 262 g/mol. The summed E-state index contributed by atoms with van der Waals surface area (Å²) >= 11 is 0. The molecule has 1 aromatic carbocycles. The molecule has 0 aromatic heterocycles. The van der Waals surface area contributed by atoms with Crippen LogP contribution in [0.4, 0.5) is 0 Å². The van der Waals surface area contributed by atoms with Crippen LogP contribution in [0.15, 0.2) is 36.4 Å². The molecule has 0 amide bonds. The highest BCUT2D eigenvalue weighted by atomic mass is 16.5. The fourth-order valence-electron chi connectivity index (χ4n) is 1.99. The van der Waals surface area contributed by atoms with Gasteiger partial charge in [0.1, 0.15) is 5.75 Å². The molecule has 0 aliphatic carbocycles. The van der Waals surface area contributed by atoms with Gasteiger partial charge in [-0.3, -0.25) is 0 Å². The van der Waals surface area contributed by atoms with Gasteiger partial charge in [-0.05, 0) is 36.6 Å². The van der Waals surface area contributed by atoms with Gasteiger partial charge in [0.15, 0.2) is 0 Å². The molecular formula is C16H22O3. The number of hydrogen-bond acceptors (Lipinski definition) is 3. The first kappa shape index (κ1) is 15.5. The summed E-state index contributed by atoms with van der Waals surface area (Å²) in [6, 6.07) is 3.93. The summed E-state index contributed by atoms with van der Waals surface area (Å²) in [5, 5.41) is 10.1.